The van der Waals surface area contributed by atoms with Crippen LogP contribution in [0.2, 0.25) is 0 Å². The Bertz CT molecular complexity index is 255. The average Bonchev–Trinajstić information content (AvgIpc) is 3.11. The Morgan fingerprint density at radius 2 is 1.65 bits per heavy atom. The molecule has 0 aromatic rings. The van der Waals surface area contributed by atoms with Gasteiger partial charge in [0, 0.05) is 43.8 Å². The first-order valence-corrected chi connectivity index (χ1v) is 13.4. The number of hydrogen-bond donors (Lipinski definition) is 2. The van der Waals surface area contributed by atoms with Crippen LogP contribution in [0.3, 0.4) is 0 Å². The largest absolute Gasteiger partial charge is 0.395 e. The molecule has 1 nitrogen and oxygen atoms in total. The molecule has 8 heteroatoms. The highest BCUT2D eigenvalue weighted by Crippen LogP contribution is 2.43. The molecule has 0 aromatic heterocycles. The van der Waals surface area contributed by atoms with Gasteiger partial charge in [-0.2, -0.15) is 12.6 Å². The first-order chi connectivity index (χ1) is 9.71. The first kappa shape index (κ1) is 18.7. The van der Waals surface area contributed by atoms with E-state index in [4.69, 9.17) is 5.11 Å². The molecule has 0 amide bonds. The second-order valence-corrected chi connectivity index (χ2v) is 14.1. The molecule has 0 aromatic carbocycles. The van der Waals surface area contributed by atoms with E-state index in [0.717, 1.165) is 21.3 Å². The zero-order valence-electron chi connectivity index (χ0n) is 11.5. The van der Waals surface area contributed by atoms with E-state index in [-0.39, 0.29) is 0 Å². The van der Waals surface area contributed by atoms with Gasteiger partial charge in [0.05, 0.1) is 15.8 Å². The molecule has 0 radical (unpaired) electrons. The highest BCUT2D eigenvalue weighted by molar-refractivity contribution is 8.24. The topological polar surface area (TPSA) is 20.2 Å². The molecule has 2 aliphatic heterocycles. The number of rotatable bonds is 8. The third kappa shape index (κ3) is 6.49. The molecule has 0 aliphatic carbocycles. The molecule has 0 bridgehead atoms. The maximum absolute atomic E-state index is 9.15. The van der Waals surface area contributed by atoms with Crippen LogP contribution in [0.4, 0.5) is 0 Å². The van der Waals surface area contributed by atoms with Crippen molar-refractivity contribution in [3.63, 3.8) is 0 Å². The number of hydrogen-bond acceptors (Lipinski definition) is 8. The summed E-state index contributed by atoms with van der Waals surface area (Å²) in [6, 6.07) is 0. The standard InChI is InChI=1S/C12H22OS7/c1-8(15-6-11-17-4-9(2-13)19-11)16-7-12-18-5-10(3-14)20-12/h8-14H,2-7H2,1H3. The van der Waals surface area contributed by atoms with E-state index in [9.17, 15) is 0 Å². The van der Waals surface area contributed by atoms with Gasteiger partial charge in [-0.25, -0.2) is 0 Å². The predicted octanol–water partition coefficient (Wildman–Crippen LogP) is 4.07. The van der Waals surface area contributed by atoms with E-state index < -0.39 is 0 Å². The summed E-state index contributed by atoms with van der Waals surface area (Å²) in [7, 11) is 0. The van der Waals surface area contributed by atoms with E-state index in [1.165, 1.54) is 17.3 Å². The molecule has 118 valence electrons. The van der Waals surface area contributed by atoms with Crippen LogP contribution in [-0.2, 0) is 0 Å². The van der Waals surface area contributed by atoms with Gasteiger partial charge in [0.25, 0.3) is 0 Å². The minimum atomic E-state index is 0.339. The fourth-order valence-corrected chi connectivity index (χ4v) is 11.7. The molecule has 0 saturated carbocycles. The lowest BCUT2D eigenvalue weighted by Gasteiger charge is -2.16. The second-order valence-electron chi connectivity index (χ2n) is 4.64. The molecule has 1 N–H and O–H groups in total. The minimum absolute atomic E-state index is 0.339. The van der Waals surface area contributed by atoms with Crippen LogP contribution < -0.4 is 0 Å². The van der Waals surface area contributed by atoms with Gasteiger partial charge in [-0.15, -0.1) is 70.6 Å². The molecule has 5 unspecified atom stereocenters. The molecule has 2 aliphatic rings. The molecule has 0 spiro atoms. The smallest absolute Gasteiger partial charge is 0.0597 e. The van der Waals surface area contributed by atoms with Crippen molar-refractivity contribution in [2.45, 2.75) is 31.2 Å². The highest BCUT2D eigenvalue weighted by Gasteiger charge is 2.27. The van der Waals surface area contributed by atoms with Crippen LogP contribution in [-0.4, -0.2) is 64.7 Å². The maximum atomic E-state index is 9.15. The number of thiol groups is 1. The Morgan fingerprint density at radius 3 is 2.10 bits per heavy atom. The molecule has 2 heterocycles. The van der Waals surface area contributed by atoms with E-state index in [0.29, 0.717) is 21.0 Å². The van der Waals surface area contributed by atoms with Gasteiger partial charge in [0.15, 0.2) is 0 Å². The van der Waals surface area contributed by atoms with Crippen LogP contribution in [0.5, 0.6) is 0 Å². The average molecular weight is 407 g/mol. The SMILES string of the molecule is CC(SCC1SCC(CO)S1)SCC1SCC(CS)S1. The van der Waals surface area contributed by atoms with Gasteiger partial charge in [-0.05, 0) is 6.92 Å². The number of thioether (sulfide) groups is 6. The molecule has 20 heavy (non-hydrogen) atoms. The van der Waals surface area contributed by atoms with Crippen molar-refractivity contribution in [2.75, 3.05) is 35.4 Å². The van der Waals surface area contributed by atoms with Crippen molar-refractivity contribution in [3.05, 3.63) is 0 Å². The van der Waals surface area contributed by atoms with Crippen molar-refractivity contribution in [1.82, 2.24) is 0 Å². The molecular formula is C12H22OS7. The fraction of sp³-hybridized carbons (Fsp3) is 1.00. The van der Waals surface area contributed by atoms with Crippen LogP contribution >= 0.6 is 83.2 Å². The highest BCUT2D eigenvalue weighted by atomic mass is 32.2. The van der Waals surface area contributed by atoms with E-state index in [1.807, 2.05) is 23.5 Å². The Morgan fingerprint density at radius 1 is 1.10 bits per heavy atom. The molecule has 2 fully saturated rings. The monoisotopic (exact) mass is 406 g/mol. The van der Waals surface area contributed by atoms with E-state index >= 15 is 0 Å². The van der Waals surface area contributed by atoms with Crippen LogP contribution in [0, 0.1) is 0 Å². The summed E-state index contributed by atoms with van der Waals surface area (Å²) in [5.74, 6) is 5.89. The number of aliphatic hydroxyl groups excluding tert-OH is 1. The third-order valence-corrected chi connectivity index (χ3v) is 13.8. The van der Waals surface area contributed by atoms with Gasteiger partial charge in [-0.1, -0.05) is 0 Å². The summed E-state index contributed by atoms with van der Waals surface area (Å²) in [4.78, 5) is 0. The lowest BCUT2D eigenvalue weighted by atomic mass is 10.5. The zero-order chi connectivity index (χ0) is 14.4. The Balaban J connectivity index is 1.53. The van der Waals surface area contributed by atoms with Crippen molar-refractivity contribution in [1.29, 1.82) is 0 Å². The first-order valence-electron chi connectivity index (χ1n) is 6.70. The molecular weight excluding hydrogens is 385 g/mol. The van der Waals surface area contributed by atoms with Crippen LogP contribution in [0.25, 0.3) is 0 Å². The summed E-state index contributed by atoms with van der Waals surface area (Å²) in [5, 5.41) is 10.4. The summed E-state index contributed by atoms with van der Waals surface area (Å²) in [5.41, 5.74) is 0. The second kappa shape index (κ2) is 10.3. The van der Waals surface area contributed by atoms with Crippen molar-refractivity contribution >= 4 is 83.2 Å². The van der Waals surface area contributed by atoms with Gasteiger partial charge in [-0.3, -0.25) is 0 Å². The normalized spacial score (nSPS) is 35.5. The molecule has 2 saturated heterocycles. The van der Waals surface area contributed by atoms with Crippen LogP contribution in [0.1, 0.15) is 6.92 Å². The Labute approximate surface area is 153 Å². The lowest BCUT2D eigenvalue weighted by Crippen LogP contribution is -2.08. The predicted molar refractivity (Wildman–Crippen MR) is 111 cm³/mol. The van der Waals surface area contributed by atoms with Gasteiger partial charge in [0.1, 0.15) is 0 Å². The number of aliphatic hydroxyl groups is 1. The van der Waals surface area contributed by atoms with Crippen molar-refractivity contribution < 1.29 is 5.11 Å². The Kier molecular flexibility index (Phi) is 9.66. The summed E-state index contributed by atoms with van der Waals surface area (Å²) in [6.45, 7) is 2.68. The maximum Gasteiger partial charge on any atom is 0.0597 e. The lowest BCUT2D eigenvalue weighted by molar-refractivity contribution is 0.301. The quantitative estimate of drug-likeness (QED) is 0.462. The van der Waals surface area contributed by atoms with Crippen molar-refractivity contribution in [2.24, 2.45) is 0 Å². The molecule has 5 atom stereocenters. The van der Waals surface area contributed by atoms with Crippen molar-refractivity contribution in [3.8, 4) is 0 Å². The zero-order valence-corrected chi connectivity index (χ0v) is 17.3. The van der Waals surface area contributed by atoms with Crippen LogP contribution in [0.15, 0.2) is 0 Å². The van der Waals surface area contributed by atoms with E-state index in [2.05, 4.69) is 66.6 Å². The Hall–Kier alpha value is 2.41. The molecule has 2 rings (SSSR count). The third-order valence-electron chi connectivity index (χ3n) is 2.97. The fourth-order valence-electron chi connectivity index (χ4n) is 1.86. The van der Waals surface area contributed by atoms with E-state index in [1.54, 1.807) is 0 Å². The van der Waals surface area contributed by atoms with Gasteiger partial charge >= 0.3 is 0 Å². The summed E-state index contributed by atoms with van der Waals surface area (Å²) >= 11 is 16.8. The minimum Gasteiger partial charge on any atom is -0.395 e. The summed E-state index contributed by atoms with van der Waals surface area (Å²) < 4.78 is 2.14. The van der Waals surface area contributed by atoms with Gasteiger partial charge < -0.3 is 5.11 Å². The summed E-state index contributed by atoms with van der Waals surface area (Å²) in [6.07, 6.45) is 0. The van der Waals surface area contributed by atoms with Gasteiger partial charge in [0.2, 0.25) is 0 Å².